The summed E-state index contributed by atoms with van der Waals surface area (Å²) in [6.07, 6.45) is 5.23. The SMILES string of the molecule is Cl.NC1CCCN(CC2CCNCC2)C1. The maximum Gasteiger partial charge on any atom is 0.0168 e. The van der Waals surface area contributed by atoms with Gasteiger partial charge in [-0.3, -0.25) is 0 Å². The number of likely N-dealkylation sites (tertiary alicyclic amines) is 1. The Morgan fingerprint density at radius 2 is 1.93 bits per heavy atom. The van der Waals surface area contributed by atoms with Gasteiger partial charge in [0.2, 0.25) is 0 Å². The summed E-state index contributed by atoms with van der Waals surface area (Å²) >= 11 is 0. The molecule has 1 atom stereocenters. The molecule has 0 spiro atoms. The molecule has 2 fully saturated rings. The maximum atomic E-state index is 5.98. The summed E-state index contributed by atoms with van der Waals surface area (Å²) in [5.41, 5.74) is 5.98. The second-order valence-electron chi connectivity index (χ2n) is 4.86. The zero-order valence-corrected chi connectivity index (χ0v) is 10.3. The minimum atomic E-state index is 0. The lowest BCUT2D eigenvalue weighted by molar-refractivity contribution is 0.165. The first-order chi connectivity index (χ1) is 6.84. The largest absolute Gasteiger partial charge is 0.327 e. The fourth-order valence-corrected chi connectivity index (χ4v) is 2.69. The van der Waals surface area contributed by atoms with E-state index in [9.17, 15) is 0 Å². The molecule has 0 aromatic carbocycles. The number of hydrogen-bond acceptors (Lipinski definition) is 3. The van der Waals surface area contributed by atoms with Gasteiger partial charge in [0.1, 0.15) is 0 Å². The van der Waals surface area contributed by atoms with Gasteiger partial charge in [0, 0.05) is 19.1 Å². The number of rotatable bonds is 2. The number of hydrogen-bond donors (Lipinski definition) is 2. The van der Waals surface area contributed by atoms with Gasteiger partial charge in [0.15, 0.2) is 0 Å². The third-order valence-electron chi connectivity index (χ3n) is 3.52. The Morgan fingerprint density at radius 1 is 1.20 bits per heavy atom. The van der Waals surface area contributed by atoms with Gasteiger partial charge in [-0.05, 0) is 51.2 Å². The van der Waals surface area contributed by atoms with E-state index in [1.54, 1.807) is 0 Å². The summed E-state index contributed by atoms with van der Waals surface area (Å²) in [7, 11) is 0. The molecule has 2 heterocycles. The average Bonchev–Trinajstić information content (AvgIpc) is 2.19. The van der Waals surface area contributed by atoms with Crippen molar-refractivity contribution in [1.29, 1.82) is 0 Å². The van der Waals surface area contributed by atoms with Crippen molar-refractivity contribution in [1.82, 2.24) is 10.2 Å². The van der Waals surface area contributed by atoms with Gasteiger partial charge >= 0.3 is 0 Å². The van der Waals surface area contributed by atoms with E-state index in [0.29, 0.717) is 6.04 Å². The van der Waals surface area contributed by atoms with Crippen LogP contribution in [0.15, 0.2) is 0 Å². The van der Waals surface area contributed by atoms with E-state index in [2.05, 4.69) is 10.2 Å². The Morgan fingerprint density at radius 3 is 2.60 bits per heavy atom. The number of nitrogens with zero attached hydrogens (tertiary/aromatic N) is 1. The van der Waals surface area contributed by atoms with Crippen molar-refractivity contribution in [3.8, 4) is 0 Å². The highest BCUT2D eigenvalue weighted by Gasteiger charge is 2.21. The minimum Gasteiger partial charge on any atom is -0.327 e. The summed E-state index contributed by atoms with van der Waals surface area (Å²) in [6.45, 7) is 6.12. The minimum absolute atomic E-state index is 0. The maximum absolute atomic E-state index is 5.98. The number of piperidine rings is 2. The standard InChI is InChI=1S/C11H23N3.ClH/c12-11-2-1-7-14(9-11)8-10-3-5-13-6-4-10;/h10-11,13H,1-9,12H2;1H. The van der Waals surface area contributed by atoms with Gasteiger partial charge in [-0.1, -0.05) is 0 Å². The Balaban J connectivity index is 0.00000112. The van der Waals surface area contributed by atoms with Gasteiger partial charge in [0.05, 0.1) is 0 Å². The van der Waals surface area contributed by atoms with Gasteiger partial charge in [-0.15, -0.1) is 12.4 Å². The zero-order chi connectivity index (χ0) is 9.80. The molecule has 0 aliphatic carbocycles. The molecule has 0 aromatic rings. The third kappa shape index (κ3) is 4.27. The van der Waals surface area contributed by atoms with Gasteiger partial charge < -0.3 is 16.0 Å². The molecule has 2 aliphatic heterocycles. The molecule has 0 bridgehead atoms. The molecular weight excluding hydrogens is 210 g/mol. The lowest BCUT2D eigenvalue weighted by Gasteiger charge is -2.34. The van der Waals surface area contributed by atoms with Crippen LogP contribution in [0.1, 0.15) is 25.7 Å². The fourth-order valence-electron chi connectivity index (χ4n) is 2.69. The molecule has 4 heteroatoms. The summed E-state index contributed by atoms with van der Waals surface area (Å²) in [5, 5.41) is 3.42. The van der Waals surface area contributed by atoms with E-state index < -0.39 is 0 Å². The van der Waals surface area contributed by atoms with Crippen LogP contribution in [0.4, 0.5) is 0 Å². The quantitative estimate of drug-likeness (QED) is 0.743. The summed E-state index contributed by atoms with van der Waals surface area (Å²) in [5.74, 6) is 0.918. The van der Waals surface area contributed by atoms with E-state index in [4.69, 9.17) is 5.73 Å². The van der Waals surface area contributed by atoms with E-state index in [-0.39, 0.29) is 12.4 Å². The lowest BCUT2D eigenvalue weighted by atomic mass is 9.96. The van der Waals surface area contributed by atoms with Crippen molar-refractivity contribution in [2.24, 2.45) is 11.7 Å². The smallest absolute Gasteiger partial charge is 0.0168 e. The molecule has 2 aliphatic rings. The van der Waals surface area contributed by atoms with E-state index >= 15 is 0 Å². The van der Waals surface area contributed by atoms with Crippen molar-refractivity contribution in [3.05, 3.63) is 0 Å². The molecule has 0 aromatic heterocycles. The van der Waals surface area contributed by atoms with E-state index in [1.807, 2.05) is 0 Å². The molecular formula is C11H24ClN3. The monoisotopic (exact) mass is 233 g/mol. The number of nitrogens with two attached hydrogens (primary N) is 1. The van der Waals surface area contributed by atoms with E-state index in [1.165, 1.54) is 51.9 Å². The summed E-state index contributed by atoms with van der Waals surface area (Å²) in [4.78, 5) is 2.57. The highest BCUT2D eigenvalue weighted by atomic mass is 35.5. The first kappa shape index (κ1) is 13.2. The Bertz CT molecular complexity index is 171. The highest BCUT2D eigenvalue weighted by molar-refractivity contribution is 5.85. The number of nitrogens with one attached hydrogen (secondary N) is 1. The van der Waals surface area contributed by atoms with Gasteiger partial charge in [-0.2, -0.15) is 0 Å². The van der Waals surface area contributed by atoms with Crippen molar-refractivity contribution in [3.63, 3.8) is 0 Å². The van der Waals surface area contributed by atoms with Crippen LogP contribution in [0.3, 0.4) is 0 Å². The molecule has 0 saturated carbocycles. The topological polar surface area (TPSA) is 41.3 Å². The Labute approximate surface area is 99.2 Å². The summed E-state index contributed by atoms with van der Waals surface area (Å²) < 4.78 is 0. The van der Waals surface area contributed by atoms with Crippen LogP contribution in [-0.4, -0.2) is 43.7 Å². The van der Waals surface area contributed by atoms with Crippen LogP contribution in [0.25, 0.3) is 0 Å². The molecule has 3 nitrogen and oxygen atoms in total. The Kier molecular flexibility index (Phi) is 5.90. The zero-order valence-electron chi connectivity index (χ0n) is 9.45. The normalized spacial score (nSPS) is 29.8. The second kappa shape index (κ2) is 6.69. The van der Waals surface area contributed by atoms with Crippen LogP contribution in [0, 0.1) is 5.92 Å². The van der Waals surface area contributed by atoms with Crippen LogP contribution in [0.5, 0.6) is 0 Å². The molecule has 1 unspecified atom stereocenters. The van der Waals surface area contributed by atoms with Crippen molar-refractivity contribution in [2.45, 2.75) is 31.7 Å². The Hall–Kier alpha value is 0.170. The molecule has 2 rings (SSSR count). The predicted octanol–water partition coefficient (Wildman–Crippen LogP) is 0.831. The summed E-state index contributed by atoms with van der Waals surface area (Å²) in [6, 6.07) is 0.436. The van der Waals surface area contributed by atoms with Crippen molar-refractivity contribution >= 4 is 12.4 Å². The molecule has 0 radical (unpaired) electrons. The van der Waals surface area contributed by atoms with Gasteiger partial charge in [0.25, 0.3) is 0 Å². The predicted molar refractivity (Wildman–Crippen MR) is 66.5 cm³/mol. The first-order valence-corrected chi connectivity index (χ1v) is 6.03. The average molecular weight is 234 g/mol. The van der Waals surface area contributed by atoms with Crippen molar-refractivity contribution < 1.29 is 0 Å². The highest BCUT2D eigenvalue weighted by Crippen LogP contribution is 2.16. The van der Waals surface area contributed by atoms with Crippen LogP contribution < -0.4 is 11.1 Å². The molecule has 15 heavy (non-hydrogen) atoms. The van der Waals surface area contributed by atoms with Crippen LogP contribution in [-0.2, 0) is 0 Å². The first-order valence-electron chi connectivity index (χ1n) is 6.03. The number of halogens is 1. The third-order valence-corrected chi connectivity index (χ3v) is 3.52. The molecule has 3 N–H and O–H groups in total. The second-order valence-corrected chi connectivity index (χ2v) is 4.86. The van der Waals surface area contributed by atoms with Crippen LogP contribution in [0.2, 0.25) is 0 Å². The molecule has 90 valence electrons. The lowest BCUT2D eigenvalue weighted by Crippen LogP contribution is -2.45. The van der Waals surface area contributed by atoms with Crippen LogP contribution >= 0.6 is 12.4 Å². The fraction of sp³-hybridized carbons (Fsp3) is 1.00. The van der Waals surface area contributed by atoms with Crippen molar-refractivity contribution in [2.75, 3.05) is 32.7 Å². The van der Waals surface area contributed by atoms with Gasteiger partial charge in [-0.25, -0.2) is 0 Å². The molecule has 2 saturated heterocycles. The van der Waals surface area contributed by atoms with E-state index in [0.717, 1.165) is 12.5 Å². The molecule has 0 amide bonds.